The molecular weight excluding hydrogens is 420 g/mol. The number of hydrogen-bond acceptors (Lipinski definition) is 0. The van der Waals surface area contributed by atoms with E-state index in [-0.39, 0.29) is 51.3 Å². The normalized spacial score (nSPS) is 6.78. The summed E-state index contributed by atoms with van der Waals surface area (Å²) in [7, 11) is 2.00. The number of rotatable bonds is 0. The summed E-state index contributed by atoms with van der Waals surface area (Å²) in [5.41, 5.74) is 0. The van der Waals surface area contributed by atoms with Crippen molar-refractivity contribution in [3.8, 4) is 0 Å². The number of aromatic nitrogens is 1. The Morgan fingerprint density at radius 3 is 1.67 bits per heavy atom. The van der Waals surface area contributed by atoms with E-state index in [1.54, 1.807) is 0 Å². The van der Waals surface area contributed by atoms with E-state index in [4.69, 9.17) is 0 Å². The second-order valence-corrected chi connectivity index (χ2v) is 1.54. The van der Waals surface area contributed by atoms with Crippen molar-refractivity contribution < 1.29 is 28.5 Å². The molecular formula is C6H10INPb. The van der Waals surface area contributed by atoms with Crippen molar-refractivity contribution >= 4 is 27.3 Å². The fraction of sp³-hybridized carbons (Fsp3) is 0.167. The van der Waals surface area contributed by atoms with Crippen LogP contribution in [-0.4, -0.2) is 27.3 Å². The van der Waals surface area contributed by atoms with Gasteiger partial charge in [-0.2, -0.15) is 0 Å². The predicted octanol–water partition coefficient (Wildman–Crippen LogP) is -3.40. The molecule has 0 fully saturated rings. The van der Waals surface area contributed by atoms with Gasteiger partial charge in [-0.15, -0.1) is 0 Å². The van der Waals surface area contributed by atoms with Gasteiger partial charge in [0.15, 0.2) is 12.4 Å². The monoisotopic (exact) mass is 431 g/mol. The van der Waals surface area contributed by atoms with E-state index >= 15 is 0 Å². The second kappa shape index (κ2) is 6.92. The average Bonchev–Trinajstić information content (AvgIpc) is 1.69. The van der Waals surface area contributed by atoms with Gasteiger partial charge in [0.25, 0.3) is 0 Å². The third-order valence-corrected chi connectivity index (χ3v) is 0.865. The second-order valence-electron chi connectivity index (χ2n) is 1.54. The van der Waals surface area contributed by atoms with Crippen LogP contribution < -0.4 is 28.5 Å². The van der Waals surface area contributed by atoms with Crippen molar-refractivity contribution in [2.75, 3.05) is 0 Å². The van der Waals surface area contributed by atoms with Gasteiger partial charge in [0.2, 0.25) is 0 Å². The number of nitrogens with zero attached hydrogens (tertiary/aromatic N) is 1. The van der Waals surface area contributed by atoms with Crippen molar-refractivity contribution in [1.82, 2.24) is 0 Å². The molecule has 9 heavy (non-hydrogen) atoms. The Bertz CT molecular complexity index is 143. The average molecular weight is 430 g/mol. The molecule has 0 aromatic carbocycles. The zero-order chi connectivity index (χ0) is 5.11. The van der Waals surface area contributed by atoms with E-state index in [0.717, 1.165) is 0 Å². The van der Waals surface area contributed by atoms with Crippen LogP contribution in [0.5, 0.6) is 0 Å². The molecule has 1 aromatic rings. The van der Waals surface area contributed by atoms with Gasteiger partial charge in [-0.1, -0.05) is 6.07 Å². The Labute approximate surface area is 92.7 Å². The van der Waals surface area contributed by atoms with Crippen molar-refractivity contribution in [1.29, 1.82) is 0 Å². The van der Waals surface area contributed by atoms with Crippen LogP contribution in [0.15, 0.2) is 30.6 Å². The summed E-state index contributed by atoms with van der Waals surface area (Å²) >= 11 is 0. The van der Waals surface area contributed by atoms with Crippen LogP contribution in [0.3, 0.4) is 0 Å². The zero-order valence-corrected chi connectivity index (χ0v) is 13.1. The van der Waals surface area contributed by atoms with Crippen LogP contribution in [0, 0.1) is 0 Å². The first kappa shape index (κ1) is 12.5. The molecule has 0 bridgehead atoms. The summed E-state index contributed by atoms with van der Waals surface area (Å²) in [6.07, 6.45) is 4.00. The Morgan fingerprint density at radius 2 is 1.44 bits per heavy atom. The molecule has 0 saturated heterocycles. The third kappa shape index (κ3) is 5.26. The van der Waals surface area contributed by atoms with Gasteiger partial charge in [0.05, 0.1) is 0 Å². The minimum atomic E-state index is 0. The van der Waals surface area contributed by atoms with Gasteiger partial charge >= 0.3 is 27.3 Å². The van der Waals surface area contributed by atoms with Crippen molar-refractivity contribution in [2.24, 2.45) is 7.05 Å². The first-order valence-electron chi connectivity index (χ1n) is 2.30. The molecule has 0 spiro atoms. The molecule has 2 radical (unpaired) electrons. The molecule has 1 nitrogen and oxygen atoms in total. The van der Waals surface area contributed by atoms with Gasteiger partial charge < -0.3 is 24.0 Å². The van der Waals surface area contributed by atoms with E-state index < -0.39 is 0 Å². The van der Waals surface area contributed by atoms with E-state index in [1.807, 2.05) is 42.2 Å². The van der Waals surface area contributed by atoms with Gasteiger partial charge in [-0.3, -0.25) is 0 Å². The summed E-state index contributed by atoms with van der Waals surface area (Å²) in [6.45, 7) is 0. The van der Waals surface area contributed by atoms with Crippen LogP contribution in [0.25, 0.3) is 0 Å². The molecule has 0 saturated carbocycles. The number of pyridine rings is 1. The van der Waals surface area contributed by atoms with Crippen molar-refractivity contribution in [3.63, 3.8) is 0 Å². The molecule has 1 heterocycles. The fourth-order valence-corrected chi connectivity index (χ4v) is 0.485. The van der Waals surface area contributed by atoms with Gasteiger partial charge in [-0.05, 0) is 0 Å². The van der Waals surface area contributed by atoms with E-state index in [9.17, 15) is 0 Å². The Hall–Kier alpha value is 0.802. The zero-order valence-electron chi connectivity index (χ0n) is 5.42. The van der Waals surface area contributed by atoms with Crippen molar-refractivity contribution in [3.05, 3.63) is 30.6 Å². The minimum absolute atomic E-state index is 0. The summed E-state index contributed by atoms with van der Waals surface area (Å²) in [6, 6.07) is 6.00. The SMILES string of the molecule is C[n+]1ccccc1.[I-].[PbH2]. The van der Waals surface area contributed by atoms with Crippen LogP contribution in [-0.2, 0) is 7.05 Å². The molecule has 0 unspecified atom stereocenters. The van der Waals surface area contributed by atoms with Gasteiger partial charge in [0.1, 0.15) is 7.05 Å². The Morgan fingerprint density at radius 1 is 1.00 bits per heavy atom. The molecule has 0 aliphatic carbocycles. The molecule has 1 aromatic heterocycles. The van der Waals surface area contributed by atoms with E-state index in [2.05, 4.69) is 0 Å². The van der Waals surface area contributed by atoms with Gasteiger partial charge in [0, 0.05) is 12.1 Å². The van der Waals surface area contributed by atoms with E-state index in [0.29, 0.717) is 0 Å². The molecule has 50 valence electrons. The Kier molecular flexibility index (Phi) is 9.59. The maximum atomic E-state index is 2.00. The van der Waals surface area contributed by atoms with Crippen molar-refractivity contribution in [2.45, 2.75) is 0 Å². The molecule has 0 aliphatic rings. The van der Waals surface area contributed by atoms with Crippen LogP contribution in [0.4, 0.5) is 0 Å². The third-order valence-electron chi connectivity index (χ3n) is 0.865. The first-order valence-corrected chi connectivity index (χ1v) is 2.30. The standard InChI is InChI=1S/C6H8N.HI.Pb.2H/c1-7-5-3-2-4-6-7;;;;/h2-6H,1H3;1H;;;/q+1;;;;/p-1. The maximum absolute atomic E-state index is 2.00. The molecule has 0 N–H and O–H groups in total. The van der Waals surface area contributed by atoms with Crippen LogP contribution >= 0.6 is 0 Å². The molecule has 0 aliphatic heterocycles. The number of aryl methyl sites for hydroxylation is 1. The predicted molar refractivity (Wildman–Crippen MR) is 36.2 cm³/mol. The summed E-state index contributed by atoms with van der Waals surface area (Å²) in [5, 5.41) is 0. The molecule has 1 rings (SSSR count). The molecule has 0 amide bonds. The summed E-state index contributed by atoms with van der Waals surface area (Å²) in [5.74, 6) is 0. The quantitative estimate of drug-likeness (QED) is 0.230. The number of hydrogen-bond donors (Lipinski definition) is 0. The van der Waals surface area contributed by atoms with Crippen LogP contribution in [0.1, 0.15) is 0 Å². The topological polar surface area (TPSA) is 3.88 Å². The number of halogens is 1. The summed E-state index contributed by atoms with van der Waals surface area (Å²) in [4.78, 5) is 0. The molecule has 0 atom stereocenters. The summed E-state index contributed by atoms with van der Waals surface area (Å²) < 4.78 is 2.00. The fourth-order valence-electron chi connectivity index (χ4n) is 0.485. The Balaban J connectivity index is 0. The van der Waals surface area contributed by atoms with Gasteiger partial charge in [-0.25, -0.2) is 4.57 Å². The van der Waals surface area contributed by atoms with E-state index in [1.165, 1.54) is 0 Å². The molecule has 3 heteroatoms. The first-order chi connectivity index (χ1) is 3.39. The van der Waals surface area contributed by atoms with Crippen LogP contribution in [0.2, 0.25) is 0 Å².